The van der Waals surface area contributed by atoms with Gasteiger partial charge in [0.15, 0.2) is 0 Å². The van der Waals surface area contributed by atoms with Crippen molar-refractivity contribution in [2.45, 2.75) is 32.0 Å². The molecule has 3 unspecified atom stereocenters. The zero-order valence-electron chi connectivity index (χ0n) is 7.99. The minimum atomic E-state index is -0.368. The van der Waals surface area contributed by atoms with E-state index in [4.69, 9.17) is 0 Å². The van der Waals surface area contributed by atoms with E-state index >= 15 is 0 Å². The van der Waals surface area contributed by atoms with E-state index in [1.807, 2.05) is 25.1 Å². The summed E-state index contributed by atoms with van der Waals surface area (Å²) in [6, 6.07) is 8.56. The molecule has 1 heterocycles. The van der Waals surface area contributed by atoms with Crippen LogP contribution in [-0.4, -0.2) is 11.1 Å². The lowest BCUT2D eigenvalue weighted by atomic mass is 9.89. The number of fused-ring (bicyclic) bond motifs is 1. The Morgan fingerprint density at radius 3 is 2.46 bits per heavy atom. The number of hydrogen-bond acceptors (Lipinski definition) is 2. The van der Waals surface area contributed by atoms with Crippen LogP contribution in [0, 0.1) is 0 Å². The predicted molar refractivity (Wildman–Crippen MR) is 52.4 cm³/mol. The number of hydrogen-bond donors (Lipinski definition) is 2. The highest BCUT2D eigenvalue weighted by molar-refractivity contribution is 5.34. The van der Waals surface area contributed by atoms with Crippen molar-refractivity contribution in [3.63, 3.8) is 0 Å². The molecule has 1 aromatic carbocycles. The van der Waals surface area contributed by atoms with Crippen molar-refractivity contribution >= 4 is 0 Å². The third-order valence-electron chi connectivity index (χ3n) is 2.77. The van der Waals surface area contributed by atoms with Crippen molar-refractivity contribution < 1.29 is 5.11 Å². The van der Waals surface area contributed by atoms with Gasteiger partial charge in [-0.1, -0.05) is 24.3 Å². The largest absolute Gasteiger partial charge is 0.387 e. The van der Waals surface area contributed by atoms with Crippen LogP contribution in [-0.2, 0) is 0 Å². The van der Waals surface area contributed by atoms with Crippen LogP contribution >= 0.6 is 0 Å². The first kappa shape index (κ1) is 8.73. The molecule has 1 aliphatic rings. The summed E-state index contributed by atoms with van der Waals surface area (Å²) < 4.78 is 0. The Morgan fingerprint density at radius 1 is 1.15 bits per heavy atom. The van der Waals surface area contributed by atoms with Crippen LogP contribution in [0.2, 0.25) is 0 Å². The molecule has 3 atom stereocenters. The number of rotatable bonds is 0. The molecule has 0 spiro atoms. The first-order chi connectivity index (χ1) is 6.20. The summed E-state index contributed by atoms with van der Waals surface area (Å²) in [6.07, 6.45) is -0.368. The second-order valence-electron chi connectivity index (χ2n) is 3.75. The van der Waals surface area contributed by atoms with Gasteiger partial charge in [0, 0.05) is 12.1 Å². The Balaban J connectivity index is 2.47. The van der Waals surface area contributed by atoms with Crippen LogP contribution < -0.4 is 5.32 Å². The van der Waals surface area contributed by atoms with Gasteiger partial charge in [-0.25, -0.2) is 0 Å². The minimum Gasteiger partial charge on any atom is -0.387 e. The van der Waals surface area contributed by atoms with E-state index in [9.17, 15) is 5.11 Å². The van der Waals surface area contributed by atoms with Gasteiger partial charge in [-0.2, -0.15) is 0 Å². The van der Waals surface area contributed by atoms with Gasteiger partial charge in [0.1, 0.15) is 0 Å². The standard InChI is InChI=1S/C11H15NO/c1-7-9-5-3-4-6-10(9)11(13)8(2)12-7/h3-8,11-13H,1-2H3. The number of nitrogens with one attached hydrogen (secondary N) is 1. The van der Waals surface area contributed by atoms with Crippen molar-refractivity contribution in [1.82, 2.24) is 5.32 Å². The number of aliphatic hydroxyl groups excluding tert-OH is 1. The average Bonchev–Trinajstić information content (AvgIpc) is 2.15. The fraction of sp³-hybridized carbons (Fsp3) is 0.455. The number of benzene rings is 1. The van der Waals surface area contributed by atoms with E-state index in [0.29, 0.717) is 6.04 Å². The van der Waals surface area contributed by atoms with Crippen molar-refractivity contribution in [2.75, 3.05) is 0 Å². The van der Waals surface area contributed by atoms with Gasteiger partial charge in [-0.3, -0.25) is 0 Å². The molecule has 0 saturated heterocycles. The molecular weight excluding hydrogens is 162 g/mol. The SMILES string of the molecule is CC1NC(C)C(O)c2ccccc21. The van der Waals surface area contributed by atoms with E-state index < -0.39 is 0 Å². The molecular formula is C11H15NO. The Labute approximate surface area is 78.6 Å². The highest BCUT2D eigenvalue weighted by Gasteiger charge is 2.27. The summed E-state index contributed by atoms with van der Waals surface area (Å²) >= 11 is 0. The van der Waals surface area contributed by atoms with Crippen LogP contribution in [0.3, 0.4) is 0 Å². The molecule has 13 heavy (non-hydrogen) atoms. The highest BCUT2D eigenvalue weighted by Crippen LogP contribution is 2.31. The lowest BCUT2D eigenvalue weighted by molar-refractivity contribution is 0.117. The monoisotopic (exact) mass is 177 g/mol. The van der Waals surface area contributed by atoms with Gasteiger partial charge < -0.3 is 10.4 Å². The normalized spacial score (nSPS) is 32.7. The third-order valence-corrected chi connectivity index (χ3v) is 2.77. The zero-order valence-corrected chi connectivity index (χ0v) is 7.99. The molecule has 2 nitrogen and oxygen atoms in total. The van der Waals surface area contributed by atoms with Gasteiger partial charge in [0.25, 0.3) is 0 Å². The van der Waals surface area contributed by atoms with Crippen molar-refractivity contribution in [2.24, 2.45) is 0 Å². The molecule has 2 rings (SSSR count). The summed E-state index contributed by atoms with van der Waals surface area (Å²) in [4.78, 5) is 0. The maximum Gasteiger partial charge on any atom is 0.0943 e. The molecule has 0 radical (unpaired) electrons. The number of aliphatic hydroxyl groups is 1. The van der Waals surface area contributed by atoms with Gasteiger partial charge in [0.05, 0.1) is 6.10 Å². The second-order valence-corrected chi connectivity index (χ2v) is 3.75. The van der Waals surface area contributed by atoms with Crippen LogP contribution in [0.15, 0.2) is 24.3 Å². The van der Waals surface area contributed by atoms with Gasteiger partial charge in [-0.05, 0) is 25.0 Å². The molecule has 0 bridgehead atoms. The molecule has 0 fully saturated rings. The topological polar surface area (TPSA) is 32.3 Å². The Kier molecular flexibility index (Phi) is 2.10. The molecule has 0 aromatic heterocycles. The molecule has 70 valence electrons. The zero-order chi connectivity index (χ0) is 9.42. The summed E-state index contributed by atoms with van der Waals surface area (Å²) in [5.41, 5.74) is 2.29. The molecule has 2 heteroatoms. The molecule has 1 aliphatic heterocycles. The van der Waals surface area contributed by atoms with Gasteiger partial charge in [0.2, 0.25) is 0 Å². The first-order valence-electron chi connectivity index (χ1n) is 4.73. The summed E-state index contributed by atoms with van der Waals surface area (Å²) in [5.74, 6) is 0. The van der Waals surface area contributed by atoms with Crippen LogP contribution in [0.5, 0.6) is 0 Å². The average molecular weight is 177 g/mol. The Morgan fingerprint density at radius 2 is 1.77 bits per heavy atom. The maximum atomic E-state index is 9.89. The van der Waals surface area contributed by atoms with Crippen LogP contribution in [0.1, 0.15) is 37.1 Å². The lowest BCUT2D eigenvalue weighted by Crippen LogP contribution is -2.39. The van der Waals surface area contributed by atoms with E-state index in [1.165, 1.54) is 5.56 Å². The highest BCUT2D eigenvalue weighted by atomic mass is 16.3. The molecule has 0 amide bonds. The lowest BCUT2D eigenvalue weighted by Gasteiger charge is -2.33. The van der Waals surface area contributed by atoms with Gasteiger partial charge in [-0.15, -0.1) is 0 Å². The summed E-state index contributed by atoms with van der Waals surface area (Å²) in [7, 11) is 0. The van der Waals surface area contributed by atoms with Gasteiger partial charge >= 0.3 is 0 Å². The maximum absolute atomic E-state index is 9.89. The summed E-state index contributed by atoms with van der Waals surface area (Å²) in [6.45, 7) is 4.14. The van der Waals surface area contributed by atoms with E-state index in [0.717, 1.165) is 5.56 Å². The quantitative estimate of drug-likeness (QED) is 0.633. The van der Waals surface area contributed by atoms with Crippen molar-refractivity contribution in [1.29, 1.82) is 0 Å². The molecule has 1 aromatic rings. The Bertz CT molecular complexity index is 311. The summed E-state index contributed by atoms with van der Waals surface area (Å²) in [5, 5.41) is 13.2. The molecule has 0 saturated carbocycles. The fourth-order valence-corrected chi connectivity index (χ4v) is 2.02. The Hall–Kier alpha value is -0.860. The van der Waals surface area contributed by atoms with Crippen molar-refractivity contribution in [3.05, 3.63) is 35.4 Å². The van der Waals surface area contributed by atoms with E-state index in [2.05, 4.69) is 18.3 Å². The van der Waals surface area contributed by atoms with Crippen LogP contribution in [0.4, 0.5) is 0 Å². The predicted octanol–water partition coefficient (Wildman–Crippen LogP) is 1.77. The second kappa shape index (κ2) is 3.13. The molecule has 0 aliphatic carbocycles. The van der Waals surface area contributed by atoms with E-state index in [1.54, 1.807) is 0 Å². The van der Waals surface area contributed by atoms with Crippen LogP contribution in [0.25, 0.3) is 0 Å². The fourth-order valence-electron chi connectivity index (χ4n) is 2.02. The van der Waals surface area contributed by atoms with Crippen molar-refractivity contribution in [3.8, 4) is 0 Å². The first-order valence-corrected chi connectivity index (χ1v) is 4.73. The van der Waals surface area contributed by atoms with E-state index in [-0.39, 0.29) is 12.1 Å². The smallest absolute Gasteiger partial charge is 0.0943 e. The third kappa shape index (κ3) is 1.36. The molecule has 2 N–H and O–H groups in total. The minimum absolute atomic E-state index is 0.143.